The molecular formula is C9H10INO2S. The van der Waals surface area contributed by atoms with Crippen LogP contribution in [0.2, 0.25) is 0 Å². The third-order valence-electron chi connectivity index (χ3n) is 2.33. The summed E-state index contributed by atoms with van der Waals surface area (Å²) in [5, 5.41) is 11.7. The molecule has 1 unspecified atom stereocenters. The third kappa shape index (κ3) is 1.80. The van der Waals surface area contributed by atoms with Crippen molar-refractivity contribution in [2.75, 3.05) is 11.0 Å². The van der Waals surface area contributed by atoms with E-state index in [1.165, 1.54) is 0 Å². The average Bonchev–Trinajstić information content (AvgIpc) is 2.64. The smallest absolute Gasteiger partial charge is 0.232 e. The number of aliphatic hydroxyl groups is 1. The molecule has 1 atom stereocenters. The van der Waals surface area contributed by atoms with E-state index in [9.17, 15) is 9.90 Å². The van der Waals surface area contributed by atoms with Gasteiger partial charge in [-0.05, 0) is 17.0 Å². The lowest BCUT2D eigenvalue weighted by Gasteiger charge is -2.29. The molecule has 0 radical (unpaired) electrons. The van der Waals surface area contributed by atoms with Crippen LogP contribution >= 0.6 is 33.9 Å². The van der Waals surface area contributed by atoms with E-state index in [0.29, 0.717) is 17.5 Å². The van der Waals surface area contributed by atoms with E-state index >= 15 is 0 Å². The van der Waals surface area contributed by atoms with Gasteiger partial charge in [0, 0.05) is 4.88 Å². The van der Waals surface area contributed by atoms with Crippen LogP contribution in [-0.4, -0.2) is 26.9 Å². The van der Waals surface area contributed by atoms with Crippen LogP contribution in [0.4, 0.5) is 0 Å². The van der Waals surface area contributed by atoms with E-state index in [-0.39, 0.29) is 5.91 Å². The van der Waals surface area contributed by atoms with Crippen LogP contribution in [0.5, 0.6) is 0 Å². The molecule has 1 aliphatic rings. The zero-order chi connectivity index (χ0) is 10.1. The molecule has 0 aliphatic carbocycles. The molecule has 1 N–H and O–H groups in total. The Hall–Kier alpha value is -0.140. The summed E-state index contributed by atoms with van der Waals surface area (Å²) in [7, 11) is 0. The van der Waals surface area contributed by atoms with E-state index in [0.717, 1.165) is 10.4 Å². The lowest BCUT2D eigenvalue weighted by atomic mass is 10.1. The lowest BCUT2D eigenvalue weighted by Crippen LogP contribution is -2.38. The first-order chi connectivity index (χ1) is 6.72. The maximum absolute atomic E-state index is 11.5. The highest BCUT2D eigenvalue weighted by Crippen LogP contribution is 2.30. The molecule has 76 valence electrons. The molecule has 1 aromatic rings. The van der Waals surface area contributed by atoms with Crippen molar-refractivity contribution in [2.45, 2.75) is 12.6 Å². The molecule has 2 heterocycles. The van der Waals surface area contributed by atoms with Crippen molar-refractivity contribution in [3.05, 3.63) is 21.9 Å². The summed E-state index contributed by atoms with van der Waals surface area (Å²) in [6, 6.07) is 1.94. The van der Waals surface area contributed by atoms with E-state index in [2.05, 4.69) is 22.6 Å². The minimum atomic E-state index is -0.503. The molecule has 0 aromatic carbocycles. The van der Waals surface area contributed by atoms with Crippen LogP contribution < -0.4 is 0 Å². The van der Waals surface area contributed by atoms with Gasteiger partial charge < -0.3 is 10.0 Å². The van der Waals surface area contributed by atoms with Crippen molar-refractivity contribution >= 4 is 39.8 Å². The first kappa shape index (κ1) is 10.4. The van der Waals surface area contributed by atoms with Crippen LogP contribution in [0, 0.1) is 0 Å². The number of rotatable bonds is 1. The second-order valence-corrected chi connectivity index (χ2v) is 4.99. The second-order valence-electron chi connectivity index (χ2n) is 3.22. The summed E-state index contributed by atoms with van der Waals surface area (Å²) in [5.74, 6) is 0.101. The molecule has 0 saturated carbocycles. The Kier molecular flexibility index (Phi) is 3.08. The number of hydrogen-bond acceptors (Lipinski definition) is 3. The standard InChI is InChI=1S/C9H10INO2S/c10-3-9(13)11-4-7(12)6-1-2-14-8(6)5-11/h1-2,7,12H,3-5H2. The fourth-order valence-corrected chi connectivity index (χ4v) is 3.03. The molecule has 1 aromatic heterocycles. The number of carbonyl (C=O) groups excluding carboxylic acids is 1. The highest BCUT2D eigenvalue weighted by molar-refractivity contribution is 14.1. The number of nitrogens with zero attached hydrogens (tertiary/aromatic N) is 1. The third-order valence-corrected chi connectivity index (χ3v) is 3.91. The van der Waals surface area contributed by atoms with Crippen LogP contribution in [0.15, 0.2) is 11.4 Å². The predicted octanol–water partition coefficient (Wildman–Crippen LogP) is 1.56. The number of β-amino-alcohol motifs (C(OH)–C–C–N with tert-alkyl or cyclic N) is 1. The Morgan fingerprint density at radius 1 is 1.79 bits per heavy atom. The molecular weight excluding hydrogens is 313 g/mol. The number of carbonyl (C=O) groups is 1. The number of fused-ring (bicyclic) bond motifs is 1. The first-order valence-corrected chi connectivity index (χ1v) is 6.71. The van der Waals surface area contributed by atoms with Crippen molar-refractivity contribution in [2.24, 2.45) is 0 Å². The predicted molar refractivity (Wildman–Crippen MR) is 63.6 cm³/mol. The lowest BCUT2D eigenvalue weighted by molar-refractivity contribution is -0.130. The van der Waals surface area contributed by atoms with Gasteiger partial charge in [0.25, 0.3) is 0 Å². The fraction of sp³-hybridized carbons (Fsp3) is 0.444. The van der Waals surface area contributed by atoms with Crippen molar-refractivity contribution in [3.63, 3.8) is 0 Å². The van der Waals surface area contributed by atoms with Gasteiger partial charge in [-0.2, -0.15) is 0 Å². The highest BCUT2D eigenvalue weighted by atomic mass is 127. The Balaban J connectivity index is 2.21. The number of hydrogen-bond donors (Lipinski definition) is 1. The van der Waals surface area contributed by atoms with Crippen molar-refractivity contribution < 1.29 is 9.90 Å². The molecule has 14 heavy (non-hydrogen) atoms. The Morgan fingerprint density at radius 2 is 2.57 bits per heavy atom. The molecule has 1 aliphatic heterocycles. The molecule has 0 saturated heterocycles. The summed E-state index contributed by atoms with van der Waals surface area (Å²) >= 11 is 3.66. The fourth-order valence-electron chi connectivity index (χ4n) is 1.60. The topological polar surface area (TPSA) is 40.5 Å². The zero-order valence-corrected chi connectivity index (χ0v) is 10.4. The number of thiophene rings is 1. The Labute approximate surface area is 99.9 Å². The van der Waals surface area contributed by atoms with Gasteiger partial charge in [0.05, 0.1) is 23.6 Å². The Bertz CT molecular complexity index is 352. The van der Waals surface area contributed by atoms with Crippen LogP contribution in [-0.2, 0) is 11.3 Å². The van der Waals surface area contributed by atoms with Gasteiger partial charge in [-0.3, -0.25) is 4.79 Å². The van der Waals surface area contributed by atoms with Crippen molar-refractivity contribution in [1.29, 1.82) is 0 Å². The summed E-state index contributed by atoms with van der Waals surface area (Å²) < 4.78 is 0.477. The zero-order valence-electron chi connectivity index (χ0n) is 7.44. The Morgan fingerprint density at radius 3 is 3.29 bits per heavy atom. The number of amides is 1. The van der Waals surface area contributed by atoms with Gasteiger partial charge in [-0.1, -0.05) is 22.6 Å². The van der Waals surface area contributed by atoms with Gasteiger partial charge in [-0.25, -0.2) is 0 Å². The molecule has 0 spiro atoms. The minimum Gasteiger partial charge on any atom is -0.387 e. The van der Waals surface area contributed by atoms with E-state index in [1.807, 2.05) is 11.4 Å². The van der Waals surface area contributed by atoms with Gasteiger partial charge in [0.2, 0.25) is 5.91 Å². The van der Waals surface area contributed by atoms with Crippen molar-refractivity contribution in [1.82, 2.24) is 4.90 Å². The van der Waals surface area contributed by atoms with Gasteiger partial charge >= 0.3 is 0 Å². The maximum atomic E-state index is 11.5. The SMILES string of the molecule is O=C(CI)N1Cc2sccc2C(O)C1. The molecule has 0 bridgehead atoms. The normalized spacial score (nSPS) is 20.7. The maximum Gasteiger partial charge on any atom is 0.232 e. The summed E-state index contributed by atoms with van der Waals surface area (Å²) in [4.78, 5) is 14.3. The van der Waals surface area contributed by atoms with Gasteiger partial charge in [-0.15, -0.1) is 11.3 Å². The largest absolute Gasteiger partial charge is 0.387 e. The summed E-state index contributed by atoms with van der Waals surface area (Å²) in [6.45, 7) is 1.09. The monoisotopic (exact) mass is 323 g/mol. The van der Waals surface area contributed by atoms with Crippen LogP contribution in [0.3, 0.4) is 0 Å². The molecule has 1 amide bonds. The van der Waals surface area contributed by atoms with E-state index in [4.69, 9.17) is 0 Å². The number of alkyl halides is 1. The first-order valence-electron chi connectivity index (χ1n) is 4.30. The quantitative estimate of drug-likeness (QED) is 0.629. The second kappa shape index (κ2) is 4.16. The number of halogens is 1. The molecule has 0 fully saturated rings. The summed E-state index contributed by atoms with van der Waals surface area (Å²) in [5.41, 5.74) is 0.993. The van der Waals surface area contributed by atoms with Crippen LogP contribution in [0.1, 0.15) is 16.5 Å². The van der Waals surface area contributed by atoms with E-state index < -0.39 is 6.10 Å². The van der Waals surface area contributed by atoms with Crippen molar-refractivity contribution in [3.8, 4) is 0 Å². The molecule has 3 nitrogen and oxygen atoms in total. The molecule has 2 rings (SSSR count). The number of aliphatic hydroxyl groups excluding tert-OH is 1. The van der Waals surface area contributed by atoms with Gasteiger partial charge in [0.1, 0.15) is 0 Å². The van der Waals surface area contributed by atoms with Gasteiger partial charge in [0.15, 0.2) is 0 Å². The highest BCUT2D eigenvalue weighted by Gasteiger charge is 2.26. The van der Waals surface area contributed by atoms with E-state index in [1.54, 1.807) is 16.2 Å². The molecule has 5 heteroatoms. The average molecular weight is 323 g/mol. The summed E-state index contributed by atoms with van der Waals surface area (Å²) in [6.07, 6.45) is -0.503. The minimum absolute atomic E-state index is 0.101. The van der Waals surface area contributed by atoms with Crippen LogP contribution in [0.25, 0.3) is 0 Å².